The Morgan fingerprint density at radius 1 is 1.25 bits per heavy atom. The molecule has 2 bridgehead atoms. The SMILES string of the molecule is CC(C)(N)CC1CC2CCC1C2. The van der Waals surface area contributed by atoms with Crippen LogP contribution in [0.1, 0.15) is 46.0 Å². The molecular weight excluding hydrogens is 146 g/mol. The molecule has 0 aromatic carbocycles. The van der Waals surface area contributed by atoms with E-state index in [1.165, 1.54) is 32.1 Å². The topological polar surface area (TPSA) is 26.0 Å². The third-order valence-corrected chi connectivity index (χ3v) is 3.67. The minimum absolute atomic E-state index is 0.0646. The van der Waals surface area contributed by atoms with Crippen LogP contribution in [0.25, 0.3) is 0 Å². The molecule has 1 heteroatoms. The van der Waals surface area contributed by atoms with Crippen molar-refractivity contribution in [3.63, 3.8) is 0 Å². The molecule has 2 saturated carbocycles. The van der Waals surface area contributed by atoms with Crippen LogP contribution in [0.5, 0.6) is 0 Å². The summed E-state index contributed by atoms with van der Waals surface area (Å²) in [6.45, 7) is 4.33. The van der Waals surface area contributed by atoms with E-state index in [0.29, 0.717) is 0 Å². The van der Waals surface area contributed by atoms with Crippen LogP contribution >= 0.6 is 0 Å². The Balaban J connectivity index is 1.91. The molecule has 2 aliphatic carbocycles. The largest absolute Gasteiger partial charge is 0.326 e. The normalized spacial score (nSPS) is 40.8. The van der Waals surface area contributed by atoms with Crippen molar-refractivity contribution in [1.82, 2.24) is 0 Å². The maximum absolute atomic E-state index is 6.05. The molecule has 0 spiro atoms. The molecule has 3 atom stereocenters. The Labute approximate surface area is 75.7 Å². The van der Waals surface area contributed by atoms with Crippen molar-refractivity contribution in [2.45, 2.75) is 51.5 Å². The van der Waals surface area contributed by atoms with Gasteiger partial charge in [-0.2, -0.15) is 0 Å². The van der Waals surface area contributed by atoms with Gasteiger partial charge in [-0.15, -0.1) is 0 Å². The van der Waals surface area contributed by atoms with E-state index in [4.69, 9.17) is 5.73 Å². The van der Waals surface area contributed by atoms with Crippen LogP contribution in [0.15, 0.2) is 0 Å². The zero-order chi connectivity index (χ0) is 8.77. The molecule has 12 heavy (non-hydrogen) atoms. The summed E-state index contributed by atoms with van der Waals surface area (Å²) in [5.41, 5.74) is 6.11. The van der Waals surface area contributed by atoms with Gasteiger partial charge < -0.3 is 5.73 Å². The predicted octanol–water partition coefficient (Wildman–Crippen LogP) is 2.55. The van der Waals surface area contributed by atoms with Crippen molar-refractivity contribution < 1.29 is 0 Å². The van der Waals surface area contributed by atoms with E-state index >= 15 is 0 Å². The van der Waals surface area contributed by atoms with E-state index in [2.05, 4.69) is 13.8 Å². The summed E-state index contributed by atoms with van der Waals surface area (Å²) >= 11 is 0. The number of nitrogens with two attached hydrogens (primary N) is 1. The molecule has 0 radical (unpaired) electrons. The van der Waals surface area contributed by atoms with Crippen LogP contribution in [0.4, 0.5) is 0 Å². The molecular formula is C11H21N. The Kier molecular flexibility index (Phi) is 1.95. The van der Waals surface area contributed by atoms with Crippen LogP contribution in [0, 0.1) is 17.8 Å². The molecule has 70 valence electrons. The van der Waals surface area contributed by atoms with Gasteiger partial charge >= 0.3 is 0 Å². The van der Waals surface area contributed by atoms with Gasteiger partial charge in [-0.05, 0) is 57.3 Å². The monoisotopic (exact) mass is 167 g/mol. The smallest absolute Gasteiger partial charge is 0.00997 e. The maximum atomic E-state index is 6.05. The van der Waals surface area contributed by atoms with Crippen LogP contribution in [-0.2, 0) is 0 Å². The van der Waals surface area contributed by atoms with E-state index in [1.54, 1.807) is 0 Å². The fourth-order valence-corrected chi connectivity index (χ4v) is 3.30. The highest BCUT2D eigenvalue weighted by Crippen LogP contribution is 2.50. The second-order valence-corrected chi connectivity index (χ2v) is 5.63. The van der Waals surface area contributed by atoms with E-state index in [9.17, 15) is 0 Å². The zero-order valence-electron chi connectivity index (χ0n) is 8.34. The number of fused-ring (bicyclic) bond motifs is 2. The third-order valence-electron chi connectivity index (χ3n) is 3.67. The Bertz CT molecular complexity index is 168. The van der Waals surface area contributed by atoms with E-state index in [1.807, 2.05) is 0 Å². The van der Waals surface area contributed by atoms with Crippen LogP contribution in [-0.4, -0.2) is 5.54 Å². The highest BCUT2D eigenvalue weighted by Gasteiger charge is 2.40. The Morgan fingerprint density at radius 3 is 2.42 bits per heavy atom. The fourth-order valence-electron chi connectivity index (χ4n) is 3.30. The van der Waals surface area contributed by atoms with Gasteiger partial charge in [0, 0.05) is 5.54 Å². The molecule has 0 amide bonds. The van der Waals surface area contributed by atoms with Crippen molar-refractivity contribution in [2.24, 2.45) is 23.5 Å². The fraction of sp³-hybridized carbons (Fsp3) is 1.00. The predicted molar refractivity (Wildman–Crippen MR) is 51.8 cm³/mol. The standard InChI is InChI=1S/C11H21N/c1-11(2,12)7-10-6-8-3-4-9(10)5-8/h8-10H,3-7,12H2,1-2H3. The van der Waals surface area contributed by atoms with Crippen molar-refractivity contribution >= 4 is 0 Å². The summed E-state index contributed by atoms with van der Waals surface area (Å²) in [6.07, 6.45) is 7.23. The Morgan fingerprint density at radius 2 is 2.00 bits per heavy atom. The van der Waals surface area contributed by atoms with Crippen molar-refractivity contribution in [3.05, 3.63) is 0 Å². The highest BCUT2D eigenvalue weighted by molar-refractivity contribution is 4.93. The van der Waals surface area contributed by atoms with Gasteiger partial charge in [0.05, 0.1) is 0 Å². The zero-order valence-corrected chi connectivity index (χ0v) is 8.34. The molecule has 0 saturated heterocycles. The van der Waals surface area contributed by atoms with Crippen LogP contribution in [0.2, 0.25) is 0 Å². The lowest BCUT2D eigenvalue weighted by atomic mass is 9.81. The molecule has 0 aromatic rings. The molecule has 3 unspecified atom stereocenters. The molecule has 2 N–H and O–H groups in total. The minimum Gasteiger partial charge on any atom is -0.326 e. The van der Waals surface area contributed by atoms with Crippen molar-refractivity contribution in [2.75, 3.05) is 0 Å². The van der Waals surface area contributed by atoms with Gasteiger partial charge in [0.25, 0.3) is 0 Å². The summed E-state index contributed by atoms with van der Waals surface area (Å²) in [7, 11) is 0. The lowest BCUT2D eigenvalue weighted by molar-refractivity contribution is 0.262. The van der Waals surface area contributed by atoms with Gasteiger partial charge in [0.15, 0.2) is 0 Å². The average molecular weight is 167 g/mol. The molecule has 0 aromatic heterocycles. The summed E-state index contributed by atoms with van der Waals surface area (Å²) < 4.78 is 0. The number of hydrogen-bond acceptors (Lipinski definition) is 1. The summed E-state index contributed by atoms with van der Waals surface area (Å²) in [5, 5.41) is 0. The number of hydrogen-bond donors (Lipinski definition) is 1. The van der Waals surface area contributed by atoms with E-state index in [0.717, 1.165) is 17.8 Å². The van der Waals surface area contributed by atoms with Crippen molar-refractivity contribution in [1.29, 1.82) is 0 Å². The molecule has 2 rings (SSSR count). The van der Waals surface area contributed by atoms with E-state index in [-0.39, 0.29) is 5.54 Å². The van der Waals surface area contributed by atoms with Gasteiger partial charge in [-0.25, -0.2) is 0 Å². The first-order valence-electron chi connectivity index (χ1n) is 5.33. The summed E-state index contributed by atoms with van der Waals surface area (Å²) in [4.78, 5) is 0. The molecule has 2 aliphatic rings. The molecule has 0 heterocycles. The first-order chi connectivity index (χ1) is 5.54. The van der Waals surface area contributed by atoms with Gasteiger partial charge in [0.1, 0.15) is 0 Å². The third kappa shape index (κ3) is 1.66. The first kappa shape index (κ1) is 8.55. The molecule has 0 aliphatic heterocycles. The first-order valence-corrected chi connectivity index (χ1v) is 5.33. The summed E-state index contributed by atoms with van der Waals surface area (Å²) in [6, 6.07) is 0. The second kappa shape index (κ2) is 2.73. The highest BCUT2D eigenvalue weighted by atomic mass is 14.7. The molecule has 1 nitrogen and oxygen atoms in total. The van der Waals surface area contributed by atoms with Crippen LogP contribution in [0.3, 0.4) is 0 Å². The van der Waals surface area contributed by atoms with E-state index < -0.39 is 0 Å². The summed E-state index contributed by atoms with van der Waals surface area (Å²) in [5.74, 6) is 3.07. The van der Waals surface area contributed by atoms with Crippen LogP contribution < -0.4 is 5.73 Å². The van der Waals surface area contributed by atoms with Gasteiger partial charge in [-0.1, -0.05) is 6.42 Å². The second-order valence-electron chi connectivity index (χ2n) is 5.63. The van der Waals surface area contributed by atoms with Crippen molar-refractivity contribution in [3.8, 4) is 0 Å². The lowest BCUT2D eigenvalue weighted by Crippen LogP contribution is -2.35. The quantitative estimate of drug-likeness (QED) is 0.672. The average Bonchev–Trinajstić information content (AvgIpc) is 2.42. The Hall–Kier alpha value is -0.0400. The lowest BCUT2D eigenvalue weighted by Gasteiger charge is -2.28. The minimum atomic E-state index is 0.0646. The number of rotatable bonds is 2. The maximum Gasteiger partial charge on any atom is 0.00997 e. The van der Waals surface area contributed by atoms with Gasteiger partial charge in [-0.3, -0.25) is 0 Å². The molecule has 2 fully saturated rings. The van der Waals surface area contributed by atoms with Gasteiger partial charge in [0.2, 0.25) is 0 Å².